The maximum Gasteiger partial charge on any atom is 0.225 e. The van der Waals surface area contributed by atoms with Crippen molar-refractivity contribution in [1.29, 1.82) is 0 Å². The van der Waals surface area contributed by atoms with E-state index in [4.69, 9.17) is 16.6 Å². The number of aryl methyl sites for hydroxylation is 2. The summed E-state index contributed by atoms with van der Waals surface area (Å²) in [4.78, 5) is 14.0. The van der Waals surface area contributed by atoms with E-state index in [1.54, 1.807) is 11.3 Å². The monoisotopic (exact) mass is 419 g/mol. The zero-order chi connectivity index (χ0) is 20.0. The van der Waals surface area contributed by atoms with Crippen molar-refractivity contribution in [2.45, 2.75) is 33.2 Å². The van der Waals surface area contributed by atoms with Crippen LogP contribution in [-0.4, -0.2) is 16.5 Å². The highest BCUT2D eigenvalue weighted by Crippen LogP contribution is 2.43. The molecule has 0 fully saturated rings. The average molecular weight is 420 g/mol. The summed E-state index contributed by atoms with van der Waals surface area (Å²) in [7, 11) is 0. The van der Waals surface area contributed by atoms with E-state index >= 15 is 0 Å². The lowest BCUT2D eigenvalue weighted by Crippen LogP contribution is -2.31. The van der Waals surface area contributed by atoms with Gasteiger partial charge in [0.15, 0.2) is 0 Å². The summed E-state index contributed by atoms with van der Waals surface area (Å²) < 4.78 is 0. The minimum atomic E-state index is 0.325. The predicted octanol–water partition coefficient (Wildman–Crippen LogP) is 6.45. The number of aromatic nitrogens is 2. The van der Waals surface area contributed by atoms with Gasteiger partial charge < -0.3 is 4.90 Å². The number of hydrogen-bond acceptors (Lipinski definition) is 4. The Morgan fingerprint density at radius 1 is 1.03 bits per heavy atom. The van der Waals surface area contributed by atoms with E-state index in [1.165, 1.54) is 32.7 Å². The van der Waals surface area contributed by atoms with E-state index < -0.39 is 0 Å². The highest BCUT2D eigenvalue weighted by atomic mass is 35.5. The van der Waals surface area contributed by atoms with Gasteiger partial charge >= 0.3 is 0 Å². The number of fused-ring (bicyclic) bond motifs is 2. The molecule has 5 rings (SSSR count). The SMILES string of the molecule is CCc1sc2nc(Cl)nc(N3CCc4ccccc4C3)c2c1-c1ccc(C)cc1. The summed E-state index contributed by atoms with van der Waals surface area (Å²) in [6.45, 7) is 6.11. The van der Waals surface area contributed by atoms with Crippen molar-refractivity contribution in [2.75, 3.05) is 11.4 Å². The quantitative estimate of drug-likeness (QED) is 0.357. The van der Waals surface area contributed by atoms with E-state index in [0.717, 1.165) is 42.0 Å². The molecule has 0 saturated heterocycles. The molecule has 0 amide bonds. The lowest BCUT2D eigenvalue weighted by molar-refractivity contribution is 0.723. The van der Waals surface area contributed by atoms with Crippen molar-refractivity contribution in [2.24, 2.45) is 0 Å². The molecule has 0 unspecified atom stereocenters. The second-order valence-electron chi connectivity index (χ2n) is 7.56. The molecule has 0 aliphatic carbocycles. The van der Waals surface area contributed by atoms with Gasteiger partial charge in [0.1, 0.15) is 10.6 Å². The zero-order valence-corrected chi connectivity index (χ0v) is 18.1. The summed E-state index contributed by atoms with van der Waals surface area (Å²) >= 11 is 8.11. The molecule has 3 nitrogen and oxygen atoms in total. The first-order valence-corrected chi connectivity index (χ1v) is 11.2. The van der Waals surface area contributed by atoms with Crippen LogP contribution < -0.4 is 4.90 Å². The van der Waals surface area contributed by atoms with Crippen LogP contribution in [0.2, 0.25) is 5.28 Å². The minimum absolute atomic E-state index is 0.325. The Bertz CT molecular complexity index is 1200. The molecular formula is C24H22ClN3S. The van der Waals surface area contributed by atoms with Gasteiger partial charge in [0.25, 0.3) is 0 Å². The lowest BCUT2D eigenvalue weighted by atomic mass is 9.98. The normalized spacial score (nSPS) is 13.7. The molecular weight excluding hydrogens is 398 g/mol. The van der Waals surface area contributed by atoms with Crippen molar-refractivity contribution in [1.82, 2.24) is 9.97 Å². The Morgan fingerprint density at radius 3 is 2.55 bits per heavy atom. The van der Waals surface area contributed by atoms with E-state index in [1.807, 2.05) is 0 Å². The number of nitrogens with zero attached hydrogens (tertiary/aromatic N) is 3. The van der Waals surface area contributed by atoms with Gasteiger partial charge in [0.2, 0.25) is 5.28 Å². The maximum atomic E-state index is 6.37. The topological polar surface area (TPSA) is 29.0 Å². The van der Waals surface area contributed by atoms with E-state index in [2.05, 4.69) is 72.3 Å². The smallest absolute Gasteiger partial charge is 0.225 e. The van der Waals surface area contributed by atoms with Crippen molar-refractivity contribution >= 4 is 39.0 Å². The first-order valence-electron chi connectivity index (χ1n) is 10.0. The Hall–Kier alpha value is -2.43. The van der Waals surface area contributed by atoms with Gasteiger partial charge in [-0.25, -0.2) is 4.98 Å². The fourth-order valence-corrected chi connectivity index (χ4v) is 5.53. The van der Waals surface area contributed by atoms with E-state index in [0.29, 0.717) is 5.28 Å². The van der Waals surface area contributed by atoms with Gasteiger partial charge in [-0.05, 0) is 48.1 Å². The number of rotatable bonds is 3. The second-order valence-corrected chi connectivity index (χ2v) is 8.98. The third-order valence-corrected chi connectivity index (χ3v) is 7.07. The zero-order valence-electron chi connectivity index (χ0n) is 16.6. The van der Waals surface area contributed by atoms with E-state index in [-0.39, 0.29) is 0 Å². The first-order chi connectivity index (χ1) is 14.1. The molecule has 5 heteroatoms. The minimum Gasteiger partial charge on any atom is -0.351 e. The molecule has 0 N–H and O–H groups in total. The van der Waals surface area contributed by atoms with Crippen LogP contribution in [0.25, 0.3) is 21.3 Å². The van der Waals surface area contributed by atoms with Gasteiger partial charge in [0, 0.05) is 23.5 Å². The number of thiophene rings is 1. The molecule has 2 aromatic heterocycles. The summed E-state index contributed by atoms with van der Waals surface area (Å²) in [5, 5.41) is 1.46. The second kappa shape index (κ2) is 7.43. The number of halogens is 1. The summed E-state index contributed by atoms with van der Waals surface area (Å²) in [5.41, 5.74) is 6.54. The fourth-order valence-electron chi connectivity index (χ4n) is 4.18. The summed E-state index contributed by atoms with van der Waals surface area (Å²) in [5.74, 6) is 0.959. The maximum absolute atomic E-state index is 6.37. The highest BCUT2D eigenvalue weighted by molar-refractivity contribution is 7.19. The van der Waals surface area contributed by atoms with Crippen LogP contribution in [0.3, 0.4) is 0 Å². The van der Waals surface area contributed by atoms with Crippen LogP contribution in [0.15, 0.2) is 48.5 Å². The van der Waals surface area contributed by atoms with Crippen molar-refractivity contribution in [3.8, 4) is 11.1 Å². The Morgan fingerprint density at radius 2 is 1.79 bits per heavy atom. The fraction of sp³-hybridized carbons (Fsp3) is 0.250. The van der Waals surface area contributed by atoms with Crippen LogP contribution in [0.5, 0.6) is 0 Å². The summed E-state index contributed by atoms with van der Waals surface area (Å²) in [6.07, 6.45) is 1.98. The van der Waals surface area contributed by atoms with Gasteiger partial charge in [-0.2, -0.15) is 4.98 Å². The third kappa shape index (κ3) is 3.30. The molecule has 0 atom stereocenters. The van der Waals surface area contributed by atoms with Crippen LogP contribution in [0, 0.1) is 6.92 Å². The van der Waals surface area contributed by atoms with Crippen LogP contribution in [0.4, 0.5) is 5.82 Å². The number of hydrogen-bond donors (Lipinski definition) is 0. The number of benzene rings is 2. The molecule has 0 saturated carbocycles. The van der Waals surface area contributed by atoms with Crippen molar-refractivity contribution in [3.05, 3.63) is 75.4 Å². The molecule has 2 aromatic carbocycles. The Labute approximate surface area is 180 Å². The molecule has 0 bridgehead atoms. The first kappa shape index (κ1) is 18.6. The molecule has 1 aliphatic rings. The molecule has 0 spiro atoms. The molecule has 0 radical (unpaired) electrons. The Kier molecular flexibility index (Phi) is 4.76. The molecule has 29 heavy (non-hydrogen) atoms. The van der Waals surface area contributed by atoms with Gasteiger partial charge in [-0.3, -0.25) is 0 Å². The van der Waals surface area contributed by atoms with Gasteiger partial charge in [0.05, 0.1) is 5.39 Å². The third-order valence-electron chi connectivity index (χ3n) is 5.67. The molecule has 3 heterocycles. The number of anilines is 1. The van der Waals surface area contributed by atoms with E-state index in [9.17, 15) is 0 Å². The van der Waals surface area contributed by atoms with Gasteiger partial charge in [-0.15, -0.1) is 11.3 Å². The molecule has 146 valence electrons. The molecule has 4 aromatic rings. The van der Waals surface area contributed by atoms with Crippen LogP contribution >= 0.6 is 22.9 Å². The van der Waals surface area contributed by atoms with Crippen molar-refractivity contribution in [3.63, 3.8) is 0 Å². The van der Waals surface area contributed by atoms with Crippen LogP contribution in [0.1, 0.15) is 28.5 Å². The van der Waals surface area contributed by atoms with Crippen LogP contribution in [-0.2, 0) is 19.4 Å². The van der Waals surface area contributed by atoms with Crippen molar-refractivity contribution < 1.29 is 0 Å². The summed E-state index contributed by atoms with van der Waals surface area (Å²) in [6, 6.07) is 17.4. The largest absolute Gasteiger partial charge is 0.351 e. The lowest BCUT2D eigenvalue weighted by Gasteiger charge is -2.30. The van der Waals surface area contributed by atoms with Gasteiger partial charge in [-0.1, -0.05) is 61.0 Å². The predicted molar refractivity (Wildman–Crippen MR) is 123 cm³/mol. The standard InChI is InChI=1S/C24H22ClN3S/c1-3-19-20(17-10-8-15(2)9-11-17)21-22(26-24(25)27-23(21)29-19)28-13-12-16-6-4-5-7-18(16)14-28/h4-11H,3,12-14H2,1-2H3. The average Bonchev–Trinajstić information content (AvgIpc) is 3.11. The molecule has 1 aliphatic heterocycles. The Balaban J connectivity index is 1.71. The highest BCUT2D eigenvalue weighted by Gasteiger charge is 2.25.